The molecule has 1 amide bonds. The number of morpholine rings is 1. The van der Waals surface area contributed by atoms with Crippen LogP contribution >= 0.6 is 24.0 Å². The lowest BCUT2D eigenvalue weighted by Gasteiger charge is -2.33. The summed E-state index contributed by atoms with van der Waals surface area (Å²) in [5.41, 5.74) is 1.18. The maximum Gasteiger partial charge on any atom is 0.270 e. The summed E-state index contributed by atoms with van der Waals surface area (Å²) in [7, 11) is 0. The molecular weight excluding hydrogens is 432 g/mol. The summed E-state index contributed by atoms with van der Waals surface area (Å²) in [5, 5.41) is 9.73. The summed E-state index contributed by atoms with van der Waals surface area (Å²) in [6.07, 6.45) is 3.55. The fourth-order valence-corrected chi connectivity index (χ4v) is 5.35. The first-order valence-corrected chi connectivity index (χ1v) is 11.8. The highest BCUT2D eigenvalue weighted by atomic mass is 32.2. The van der Waals surface area contributed by atoms with Gasteiger partial charge in [0.05, 0.1) is 18.1 Å². The first-order chi connectivity index (χ1) is 14.8. The second kappa shape index (κ2) is 9.98. The molecule has 0 aliphatic carbocycles. The number of carbonyl (C=O) groups excluding carboxylic acids is 1. The van der Waals surface area contributed by atoms with Gasteiger partial charge in [-0.2, -0.15) is 5.26 Å². The quantitative estimate of drug-likeness (QED) is 0.476. The number of thiocarbonyl (C=S) groups is 1. The summed E-state index contributed by atoms with van der Waals surface area (Å²) in [5.74, 6) is 0.621. The van der Waals surface area contributed by atoms with E-state index in [2.05, 4.69) is 17.9 Å². The van der Waals surface area contributed by atoms with Crippen LogP contribution in [-0.4, -0.2) is 52.0 Å². The molecule has 0 unspecified atom stereocenters. The van der Waals surface area contributed by atoms with Gasteiger partial charge in [0.25, 0.3) is 11.5 Å². The van der Waals surface area contributed by atoms with Gasteiger partial charge < -0.3 is 9.64 Å². The number of nitrogens with zero attached hydrogens (tertiary/aromatic N) is 4. The molecule has 9 heteroatoms. The van der Waals surface area contributed by atoms with Gasteiger partial charge in [-0.05, 0) is 38.8 Å². The van der Waals surface area contributed by atoms with Crippen LogP contribution in [0.3, 0.4) is 0 Å². The molecule has 0 atom stereocenters. The molecule has 3 heterocycles. The number of unbranched alkanes of at least 4 members (excludes halogenated alkanes) is 1. The zero-order chi connectivity index (χ0) is 22.7. The molecule has 31 heavy (non-hydrogen) atoms. The van der Waals surface area contributed by atoms with Crippen molar-refractivity contribution in [3.8, 4) is 6.07 Å². The third kappa shape index (κ3) is 4.56. The summed E-state index contributed by atoms with van der Waals surface area (Å²) >= 11 is 6.69. The minimum Gasteiger partial charge on any atom is -0.378 e. The molecule has 0 spiro atoms. The molecule has 0 bridgehead atoms. The van der Waals surface area contributed by atoms with Crippen LogP contribution in [0.15, 0.2) is 9.70 Å². The topological polar surface area (TPSA) is 78.6 Å². The Morgan fingerprint density at radius 1 is 1.29 bits per heavy atom. The zero-order valence-corrected chi connectivity index (χ0v) is 20.1. The number of thioether (sulfide) groups is 1. The van der Waals surface area contributed by atoms with Crippen molar-refractivity contribution in [3.05, 3.63) is 31.9 Å². The first-order valence-electron chi connectivity index (χ1n) is 10.6. The second-order valence-electron chi connectivity index (χ2n) is 7.90. The monoisotopic (exact) mass is 460 g/mol. The molecule has 166 valence electrons. The molecule has 0 radical (unpaired) electrons. The highest BCUT2D eigenvalue weighted by Gasteiger charge is 2.35. The number of carbonyl (C=O) groups is 1. The van der Waals surface area contributed by atoms with Gasteiger partial charge in [-0.25, -0.2) is 0 Å². The average molecular weight is 461 g/mol. The SMILES string of the molecule is CCCCn1c(N2CCOCC2)c(/C=C2\SC(=S)N(C(C)C)C2=O)c(C)c(C#N)c1=O. The third-order valence-electron chi connectivity index (χ3n) is 5.51. The van der Waals surface area contributed by atoms with E-state index in [4.69, 9.17) is 17.0 Å². The van der Waals surface area contributed by atoms with Crippen LogP contribution < -0.4 is 10.5 Å². The Labute approximate surface area is 192 Å². The minimum atomic E-state index is -0.276. The fourth-order valence-electron chi connectivity index (χ4n) is 3.84. The van der Waals surface area contributed by atoms with Crippen molar-refractivity contribution in [1.29, 1.82) is 5.26 Å². The number of aromatic nitrogens is 1. The first kappa shape index (κ1) is 23.5. The number of pyridine rings is 1. The Morgan fingerprint density at radius 2 is 1.97 bits per heavy atom. The maximum atomic E-state index is 13.2. The number of nitriles is 1. The molecule has 2 aliphatic rings. The molecule has 0 N–H and O–H groups in total. The Balaban J connectivity index is 2.25. The van der Waals surface area contributed by atoms with Crippen LogP contribution in [-0.2, 0) is 16.1 Å². The lowest BCUT2D eigenvalue weighted by atomic mass is 10.0. The maximum absolute atomic E-state index is 13.2. The number of hydrogen-bond donors (Lipinski definition) is 0. The predicted octanol–water partition coefficient (Wildman–Crippen LogP) is 3.27. The van der Waals surface area contributed by atoms with E-state index in [1.165, 1.54) is 11.8 Å². The number of anilines is 1. The van der Waals surface area contributed by atoms with Crippen molar-refractivity contribution in [2.45, 2.75) is 53.1 Å². The van der Waals surface area contributed by atoms with Crippen LogP contribution in [0, 0.1) is 18.3 Å². The molecule has 0 aromatic carbocycles. The molecule has 2 aliphatic heterocycles. The highest BCUT2D eigenvalue weighted by molar-refractivity contribution is 8.26. The van der Waals surface area contributed by atoms with Gasteiger partial charge in [-0.1, -0.05) is 37.3 Å². The molecule has 2 saturated heterocycles. The predicted molar refractivity (Wildman–Crippen MR) is 128 cm³/mol. The van der Waals surface area contributed by atoms with Gasteiger partial charge in [-0.15, -0.1) is 0 Å². The lowest BCUT2D eigenvalue weighted by molar-refractivity contribution is -0.123. The van der Waals surface area contributed by atoms with Crippen molar-refractivity contribution in [3.63, 3.8) is 0 Å². The standard InChI is InChI=1S/C22H28N4O3S2/c1-5-6-7-25-19(24-8-10-29-11-9-24)16(15(4)17(13-23)20(25)27)12-18-21(28)26(14(2)3)22(30)31-18/h12,14H,5-11H2,1-4H3/b18-12-. The second-order valence-corrected chi connectivity index (χ2v) is 9.58. The van der Waals surface area contributed by atoms with E-state index in [9.17, 15) is 14.9 Å². The van der Waals surface area contributed by atoms with Crippen LogP contribution in [0.1, 0.15) is 50.3 Å². The summed E-state index contributed by atoms with van der Waals surface area (Å²) < 4.78 is 7.74. The van der Waals surface area contributed by atoms with Crippen molar-refractivity contribution in [1.82, 2.24) is 9.47 Å². The van der Waals surface area contributed by atoms with E-state index < -0.39 is 0 Å². The average Bonchev–Trinajstić information content (AvgIpc) is 3.03. The van der Waals surface area contributed by atoms with Gasteiger partial charge in [0.1, 0.15) is 21.8 Å². The number of hydrogen-bond acceptors (Lipinski definition) is 7. The van der Waals surface area contributed by atoms with E-state index in [-0.39, 0.29) is 23.1 Å². The van der Waals surface area contributed by atoms with Crippen LogP contribution in [0.5, 0.6) is 0 Å². The Morgan fingerprint density at radius 3 is 2.52 bits per heavy atom. The highest BCUT2D eigenvalue weighted by Crippen LogP contribution is 2.36. The molecule has 3 rings (SSSR count). The van der Waals surface area contributed by atoms with Crippen LogP contribution in [0.2, 0.25) is 0 Å². The van der Waals surface area contributed by atoms with E-state index in [1.807, 2.05) is 19.9 Å². The number of amides is 1. The van der Waals surface area contributed by atoms with Gasteiger partial charge in [-0.3, -0.25) is 19.1 Å². The van der Waals surface area contributed by atoms with Gasteiger partial charge in [0.15, 0.2) is 0 Å². The molecule has 7 nitrogen and oxygen atoms in total. The molecule has 1 aromatic rings. The minimum absolute atomic E-state index is 0.0358. The van der Waals surface area contributed by atoms with Gasteiger partial charge >= 0.3 is 0 Å². The molecule has 0 saturated carbocycles. The normalized spacial score (nSPS) is 18.4. The van der Waals surface area contributed by atoms with Gasteiger partial charge in [0, 0.05) is 31.2 Å². The largest absolute Gasteiger partial charge is 0.378 e. The summed E-state index contributed by atoms with van der Waals surface area (Å²) in [6, 6.07) is 2.05. The summed E-state index contributed by atoms with van der Waals surface area (Å²) in [6.45, 7) is 10.6. The fraction of sp³-hybridized carbons (Fsp3) is 0.545. The van der Waals surface area contributed by atoms with Gasteiger partial charge in [0.2, 0.25) is 0 Å². The van der Waals surface area contributed by atoms with Crippen LogP contribution in [0.4, 0.5) is 5.82 Å². The van der Waals surface area contributed by atoms with E-state index in [0.29, 0.717) is 47.6 Å². The van der Waals surface area contributed by atoms with Crippen molar-refractivity contribution >= 4 is 46.1 Å². The Hall–Kier alpha value is -2.15. The molecule has 2 fully saturated rings. The van der Waals surface area contributed by atoms with Crippen molar-refractivity contribution in [2.75, 3.05) is 31.2 Å². The summed E-state index contributed by atoms with van der Waals surface area (Å²) in [4.78, 5) is 30.5. The van der Waals surface area contributed by atoms with Crippen molar-refractivity contribution in [2.24, 2.45) is 0 Å². The van der Waals surface area contributed by atoms with Crippen LogP contribution in [0.25, 0.3) is 6.08 Å². The van der Waals surface area contributed by atoms with Crippen molar-refractivity contribution < 1.29 is 9.53 Å². The smallest absolute Gasteiger partial charge is 0.270 e. The lowest BCUT2D eigenvalue weighted by Crippen LogP contribution is -2.41. The van der Waals surface area contributed by atoms with E-state index >= 15 is 0 Å². The van der Waals surface area contributed by atoms with E-state index in [0.717, 1.165) is 24.2 Å². The van der Waals surface area contributed by atoms with E-state index in [1.54, 1.807) is 16.4 Å². The Kier molecular flexibility index (Phi) is 7.57. The zero-order valence-electron chi connectivity index (χ0n) is 18.4. The molecular formula is C22H28N4O3S2. The number of ether oxygens (including phenoxy) is 1. The third-order valence-corrected chi connectivity index (χ3v) is 6.84. The number of rotatable bonds is 6. The molecule has 1 aromatic heterocycles. The Bertz CT molecular complexity index is 1020.